The van der Waals surface area contributed by atoms with Gasteiger partial charge >= 0.3 is 0 Å². The number of anilines is 2. The quantitative estimate of drug-likeness (QED) is 0.856. The summed E-state index contributed by atoms with van der Waals surface area (Å²) in [5.41, 5.74) is 9.46. The lowest BCUT2D eigenvalue weighted by Gasteiger charge is -2.18. The second-order valence-corrected chi connectivity index (χ2v) is 4.66. The molecule has 0 radical (unpaired) electrons. The van der Waals surface area contributed by atoms with Crippen molar-refractivity contribution in [3.8, 4) is 0 Å². The van der Waals surface area contributed by atoms with Crippen LogP contribution in [0.5, 0.6) is 0 Å². The molecule has 0 saturated carbocycles. The van der Waals surface area contributed by atoms with Gasteiger partial charge in [-0.25, -0.2) is 0 Å². The number of rotatable bonds is 3. The van der Waals surface area contributed by atoms with Crippen molar-refractivity contribution in [2.45, 2.75) is 13.3 Å². The second-order valence-electron chi connectivity index (χ2n) is 4.66. The van der Waals surface area contributed by atoms with Crippen LogP contribution in [-0.4, -0.2) is 13.0 Å². The highest BCUT2D eigenvalue weighted by atomic mass is 16.2. The normalized spacial score (nSPS) is 10.2. The maximum absolute atomic E-state index is 12.2. The van der Waals surface area contributed by atoms with E-state index in [-0.39, 0.29) is 5.91 Å². The van der Waals surface area contributed by atoms with Gasteiger partial charge in [0.05, 0.1) is 6.42 Å². The molecule has 0 aliphatic heterocycles. The fraction of sp³-hybridized carbons (Fsp3) is 0.188. The first kappa shape index (κ1) is 13.1. The lowest BCUT2D eigenvalue weighted by Crippen LogP contribution is -2.28. The number of benzene rings is 2. The van der Waals surface area contributed by atoms with E-state index in [2.05, 4.69) is 0 Å². The Kier molecular flexibility index (Phi) is 3.85. The summed E-state index contributed by atoms with van der Waals surface area (Å²) in [4.78, 5) is 13.9. The first-order valence-corrected chi connectivity index (χ1v) is 6.24. The van der Waals surface area contributed by atoms with Gasteiger partial charge in [-0.15, -0.1) is 0 Å². The molecule has 0 aliphatic rings. The number of amides is 1. The highest BCUT2D eigenvalue weighted by Crippen LogP contribution is 2.17. The Balaban J connectivity index is 2.12. The summed E-state index contributed by atoms with van der Waals surface area (Å²) in [5, 5.41) is 0. The molecule has 0 aromatic heterocycles. The predicted molar refractivity (Wildman–Crippen MR) is 79.1 cm³/mol. The van der Waals surface area contributed by atoms with Crippen molar-refractivity contribution < 1.29 is 4.79 Å². The minimum absolute atomic E-state index is 0.0294. The van der Waals surface area contributed by atoms with E-state index in [1.54, 1.807) is 11.9 Å². The minimum atomic E-state index is 0.0294. The Morgan fingerprint density at radius 1 is 1.11 bits per heavy atom. The smallest absolute Gasteiger partial charge is 0.231 e. The minimum Gasteiger partial charge on any atom is -0.398 e. The van der Waals surface area contributed by atoms with Crippen LogP contribution in [0.15, 0.2) is 48.5 Å². The number of hydrogen-bond donors (Lipinski definition) is 1. The predicted octanol–water partition coefficient (Wildman–Crippen LogP) is 2.78. The monoisotopic (exact) mass is 254 g/mol. The average molecular weight is 254 g/mol. The number of nitrogen functional groups attached to an aromatic ring is 1. The van der Waals surface area contributed by atoms with Crippen molar-refractivity contribution >= 4 is 17.3 Å². The Labute approximate surface area is 113 Å². The molecule has 19 heavy (non-hydrogen) atoms. The molecule has 2 rings (SSSR count). The zero-order chi connectivity index (χ0) is 13.8. The molecule has 0 spiro atoms. The molecule has 2 aromatic carbocycles. The molecule has 0 saturated heterocycles. The highest BCUT2D eigenvalue weighted by molar-refractivity contribution is 5.94. The molecule has 3 heteroatoms. The van der Waals surface area contributed by atoms with Crippen LogP contribution < -0.4 is 10.6 Å². The summed E-state index contributed by atoms with van der Waals surface area (Å²) in [6.07, 6.45) is 0.317. The lowest BCUT2D eigenvalue weighted by molar-refractivity contribution is -0.117. The Morgan fingerprint density at radius 3 is 2.37 bits per heavy atom. The van der Waals surface area contributed by atoms with Crippen LogP contribution in [0.4, 0.5) is 11.4 Å². The van der Waals surface area contributed by atoms with Crippen molar-refractivity contribution in [1.29, 1.82) is 0 Å². The molecule has 1 amide bonds. The van der Waals surface area contributed by atoms with E-state index < -0.39 is 0 Å². The van der Waals surface area contributed by atoms with Crippen molar-refractivity contribution in [2.75, 3.05) is 17.7 Å². The van der Waals surface area contributed by atoms with Crippen molar-refractivity contribution in [2.24, 2.45) is 0 Å². The molecule has 0 unspecified atom stereocenters. The largest absolute Gasteiger partial charge is 0.398 e. The van der Waals surface area contributed by atoms with Crippen molar-refractivity contribution in [3.63, 3.8) is 0 Å². The number of carbonyl (C=O) groups excluding carboxylic acids is 1. The van der Waals surface area contributed by atoms with Gasteiger partial charge in [0.15, 0.2) is 0 Å². The van der Waals surface area contributed by atoms with Crippen LogP contribution >= 0.6 is 0 Å². The molecule has 2 N–H and O–H groups in total. The van der Waals surface area contributed by atoms with Crippen LogP contribution in [0, 0.1) is 6.92 Å². The number of carbonyl (C=O) groups is 1. The molecule has 0 heterocycles. The van der Waals surface area contributed by atoms with Gasteiger partial charge in [-0.05, 0) is 30.7 Å². The molecule has 0 aliphatic carbocycles. The van der Waals surface area contributed by atoms with Gasteiger partial charge in [0.25, 0.3) is 0 Å². The second kappa shape index (κ2) is 5.57. The van der Waals surface area contributed by atoms with E-state index in [4.69, 9.17) is 5.73 Å². The summed E-state index contributed by atoms with van der Waals surface area (Å²) in [7, 11) is 1.78. The molecule has 0 atom stereocenters. The fourth-order valence-electron chi connectivity index (χ4n) is 1.89. The number of likely N-dealkylation sites (N-methyl/N-ethyl adjacent to an activating group) is 1. The van der Waals surface area contributed by atoms with Crippen LogP contribution in [0.1, 0.15) is 11.1 Å². The van der Waals surface area contributed by atoms with Crippen LogP contribution in [0.3, 0.4) is 0 Å². The Bertz CT molecular complexity index is 576. The van der Waals surface area contributed by atoms with Gasteiger partial charge in [-0.3, -0.25) is 4.79 Å². The number of nitrogens with two attached hydrogens (primary N) is 1. The molecule has 0 bridgehead atoms. The first-order chi connectivity index (χ1) is 9.08. The fourth-order valence-corrected chi connectivity index (χ4v) is 1.89. The number of aryl methyl sites for hydroxylation is 1. The zero-order valence-electron chi connectivity index (χ0n) is 11.3. The number of hydrogen-bond acceptors (Lipinski definition) is 2. The van der Waals surface area contributed by atoms with E-state index in [0.29, 0.717) is 12.1 Å². The Hall–Kier alpha value is -2.29. The molecule has 0 fully saturated rings. The van der Waals surface area contributed by atoms with E-state index in [0.717, 1.165) is 11.3 Å². The molecule has 3 nitrogen and oxygen atoms in total. The third-order valence-corrected chi connectivity index (χ3v) is 3.19. The number of para-hydroxylation sites is 1. The molecular formula is C16H18N2O. The van der Waals surface area contributed by atoms with Gasteiger partial charge in [0.2, 0.25) is 5.91 Å². The molecule has 2 aromatic rings. The van der Waals surface area contributed by atoms with E-state index in [1.807, 2.05) is 55.5 Å². The van der Waals surface area contributed by atoms with Gasteiger partial charge in [-0.1, -0.05) is 35.9 Å². The van der Waals surface area contributed by atoms with Gasteiger partial charge in [0, 0.05) is 18.4 Å². The van der Waals surface area contributed by atoms with E-state index in [1.165, 1.54) is 5.56 Å². The van der Waals surface area contributed by atoms with Gasteiger partial charge in [0.1, 0.15) is 0 Å². The third kappa shape index (κ3) is 3.13. The first-order valence-electron chi connectivity index (χ1n) is 6.24. The van der Waals surface area contributed by atoms with Crippen LogP contribution in [0.2, 0.25) is 0 Å². The van der Waals surface area contributed by atoms with Gasteiger partial charge < -0.3 is 10.6 Å². The van der Waals surface area contributed by atoms with Crippen LogP contribution in [0.25, 0.3) is 0 Å². The highest BCUT2D eigenvalue weighted by Gasteiger charge is 2.12. The number of nitrogens with zero attached hydrogens (tertiary/aromatic N) is 1. The summed E-state index contributed by atoms with van der Waals surface area (Å²) < 4.78 is 0. The summed E-state index contributed by atoms with van der Waals surface area (Å²) in [5.74, 6) is 0.0294. The summed E-state index contributed by atoms with van der Waals surface area (Å²) in [6.45, 7) is 2.02. The topological polar surface area (TPSA) is 46.3 Å². The SMILES string of the molecule is Cc1ccc(N(C)C(=O)Cc2ccccc2N)cc1. The van der Waals surface area contributed by atoms with E-state index >= 15 is 0 Å². The summed E-state index contributed by atoms with van der Waals surface area (Å²) in [6, 6.07) is 15.3. The van der Waals surface area contributed by atoms with Crippen molar-refractivity contribution in [3.05, 3.63) is 59.7 Å². The lowest BCUT2D eigenvalue weighted by atomic mass is 10.1. The van der Waals surface area contributed by atoms with E-state index in [9.17, 15) is 4.79 Å². The Morgan fingerprint density at radius 2 is 1.74 bits per heavy atom. The standard InChI is InChI=1S/C16H18N2O/c1-12-7-9-14(10-8-12)18(2)16(19)11-13-5-3-4-6-15(13)17/h3-10H,11,17H2,1-2H3. The molecular weight excluding hydrogens is 236 g/mol. The summed E-state index contributed by atoms with van der Waals surface area (Å²) >= 11 is 0. The molecule has 98 valence electrons. The zero-order valence-corrected chi connectivity index (χ0v) is 11.3. The van der Waals surface area contributed by atoms with Crippen molar-refractivity contribution in [1.82, 2.24) is 0 Å². The van der Waals surface area contributed by atoms with Gasteiger partial charge in [-0.2, -0.15) is 0 Å². The average Bonchev–Trinajstić information content (AvgIpc) is 2.41. The maximum Gasteiger partial charge on any atom is 0.231 e. The maximum atomic E-state index is 12.2. The third-order valence-electron chi connectivity index (χ3n) is 3.19. The van der Waals surface area contributed by atoms with Crippen LogP contribution in [-0.2, 0) is 11.2 Å².